The molecule has 1 atom stereocenters. The normalized spacial score (nSPS) is 16.5. The molecule has 0 amide bonds. The Balaban J connectivity index is 1.70. The van der Waals surface area contributed by atoms with Crippen LogP contribution in [0.1, 0.15) is 26.2 Å². The molecular weight excluding hydrogens is 224 g/mol. The summed E-state index contributed by atoms with van der Waals surface area (Å²) in [5.74, 6) is 0.880. The second-order valence-corrected chi connectivity index (χ2v) is 4.88. The van der Waals surface area contributed by atoms with Gasteiger partial charge in [0.15, 0.2) is 0 Å². The SMILES string of the molecule is CCC(Nc1ccc(-n2cncn2)cc1)C1CC1. The van der Waals surface area contributed by atoms with Gasteiger partial charge in [-0.15, -0.1) is 0 Å². The largest absolute Gasteiger partial charge is 0.382 e. The molecule has 0 aliphatic heterocycles. The number of aromatic nitrogens is 3. The van der Waals surface area contributed by atoms with E-state index in [1.165, 1.54) is 24.9 Å². The fourth-order valence-corrected chi connectivity index (χ4v) is 2.32. The number of hydrogen-bond donors (Lipinski definition) is 1. The fraction of sp³-hybridized carbons (Fsp3) is 0.429. The second kappa shape index (κ2) is 4.80. The van der Waals surface area contributed by atoms with Gasteiger partial charge >= 0.3 is 0 Å². The van der Waals surface area contributed by atoms with E-state index in [-0.39, 0.29) is 0 Å². The molecule has 1 aliphatic rings. The number of anilines is 1. The lowest BCUT2D eigenvalue weighted by Crippen LogP contribution is -2.20. The molecule has 1 aromatic heterocycles. The summed E-state index contributed by atoms with van der Waals surface area (Å²) in [5, 5.41) is 7.73. The molecule has 1 aliphatic carbocycles. The summed E-state index contributed by atoms with van der Waals surface area (Å²) in [6, 6.07) is 8.99. The van der Waals surface area contributed by atoms with Crippen LogP contribution in [-0.4, -0.2) is 20.8 Å². The Bertz CT molecular complexity index is 485. The standard InChI is InChI=1S/C14H18N4/c1-2-14(11-3-4-11)17-12-5-7-13(8-6-12)18-10-15-9-16-18/h5-11,14,17H,2-4H2,1H3. The van der Waals surface area contributed by atoms with Gasteiger partial charge in [-0.2, -0.15) is 5.10 Å². The van der Waals surface area contributed by atoms with Crippen molar-refractivity contribution in [1.82, 2.24) is 14.8 Å². The van der Waals surface area contributed by atoms with Gasteiger partial charge in [-0.3, -0.25) is 0 Å². The highest BCUT2D eigenvalue weighted by Crippen LogP contribution is 2.35. The molecule has 1 unspecified atom stereocenters. The van der Waals surface area contributed by atoms with E-state index in [1.54, 1.807) is 17.3 Å². The Morgan fingerprint density at radius 2 is 2.11 bits per heavy atom. The maximum absolute atomic E-state index is 4.12. The van der Waals surface area contributed by atoms with Crippen molar-refractivity contribution in [2.24, 2.45) is 5.92 Å². The van der Waals surface area contributed by atoms with Gasteiger partial charge in [0.1, 0.15) is 12.7 Å². The van der Waals surface area contributed by atoms with Gasteiger partial charge in [-0.25, -0.2) is 9.67 Å². The molecule has 1 aromatic carbocycles. The Morgan fingerprint density at radius 1 is 1.33 bits per heavy atom. The molecule has 1 saturated carbocycles. The van der Waals surface area contributed by atoms with Crippen LogP contribution in [-0.2, 0) is 0 Å². The average molecular weight is 242 g/mol. The van der Waals surface area contributed by atoms with E-state index in [1.807, 2.05) is 0 Å². The molecular formula is C14H18N4. The van der Waals surface area contributed by atoms with Crippen LogP contribution < -0.4 is 5.32 Å². The summed E-state index contributed by atoms with van der Waals surface area (Å²) in [6.45, 7) is 2.25. The maximum atomic E-state index is 4.12. The van der Waals surface area contributed by atoms with Crippen LogP contribution in [0.2, 0.25) is 0 Å². The van der Waals surface area contributed by atoms with E-state index in [2.05, 4.69) is 46.6 Å². The smallest absolute Gasteiger partial charge is 0.138 e. The first-order valence-electron chi connectivity index (χ1n) is 6.58. The highest BCUT2D eigenvalue weighted by atomic mass is 15.3. The van der Waals surface area contributed by atoms with Gasteiger partial charge in [0.25, 0.3) is 0 Å². The molecule has 1 N–H and O–H groups in total. The van der Waals surface area contributed by atoms with E-state index >= 15 is 0 Å². The van der Waals surface area contributed by atoms with Crippen LogP contribution in [0.15, 0.2) is 36.9 Å². The lowest BCUT2D eigenvalue weighted by atomic mass is 10.1. The first-order valence-corrected chi connectivity index (χ1v) is 6.58. The van der Waals surface area contributed by atoms with E-state index < -0.39 is 0 Å². The Kier molecular flexibility index (Phi) is 3.00. The molecule has 0 radical (unpaired) electrons. The molecule has 1 heterocycles. The number of nitrogens with one attached hydrogen (secondary N) is 1. The van der Waals surface area contributed by atoms with Gasteiger partial charge in [-0.05, 0) is 49.4 Å². The van der Waals surface area contributed by atoms with Crippen molar-refractivity contribution in [2.75, 3.05) is 5.32 Å². The third kappa shape index (κ3) is 2.37. The molecule has 3 rings (SSSR count). The summed E-state index contributed by atoms with van der Waals surface area (Å²) in [5.41, 5.74) is 2.23. The zero-order valence-corrected chi connectivity index (χ0v) is 10.6. The van der Waals surface area contributed by atoms with Gasteiger partial charge in [0, 0.05) is 11.7 Å². The van der Waals surface area contributed by atoms with Crippen LogP contribution in [0.3, 0.4) is 0 Å². The maximum Gasteiger partial charge on any atom is 0.138 e. The zero-order chi connectivity index (χ0) is 12.4. The monoisotopic (exact) mass is 242 g/mol. The highest BCUT2D eigenvalue weighted by molar-refractivity contribution is 5.49. The van der Waals surface area contributed by atoms with Crippen molar-refractivity contribution in [1.29, 1.82) is 0 Å². The minimum absolute atomic E-state index is 0.627. The molecule has 4 heteroatoms. The van der Waals surface area contributed by atoms with Crippen molar-refractivity contribution in [3.05, 3.63) is 36.9 Å². The average Bonchev–Trinajstić information content (AvgIpc) is 3.11. The summed E-state index contributed by atoms with van der Waals surface area (Å²) < 4.78 is 1.77. The van der Waals surface area contributed by atoms with Crippen molar-refractivity contribution in [3.8, 4) is 5.69 Å². The van der Waals surface area contributed by atoms with Crippen LogP contribution >= 0.6 is 0 Å². The minimum Gasteiger partial charge on any atom is -0.382 e. The Hall–Kier alpha value is -1.84. The van der Waals surface area contributed by atoms with Crippen molar-refractivity contribution < 1.29 is 0 Å². The van der Waals surface area contributed by atoms with Crippen LogP contribution in [0.5, 0.6) is 0 Å². The molecule has 18 heavy (non-hydrogen) atoms. The number of benzene rings is 1. The zero-order valence-electron chi connectivity index (χ0n) is 10.6. The van der Waals surface area contributed by atoms with Gasteiger partial charge in [-0.1, -0.05) is 6.92 Å². The number of hydrogen-bond acceptors (Lipinski definition) is 3. The third-order valence-corrected chi connectivity index (χ3v) is 3.53. The second-order valence-electron chi connectivity index (χ2n) is 4.88. The van der Waals surface area contributed by atoms with E-state index in [0.29, 0.717) is 6.04 Å². The molecule has 94 valence electrons. The lowest BCUT2D eigenvalue weighted by Gasteiger charge is -2.17. The minimum atomic E-state index is 0.627. The topological polar surface area (TPSA) is 42.7 Å². The third-order valence-electron chi connectivity index (χ3n) is 3.53. The lowest BCUT2D eigenvalue weighted by molar-refractivity contribution is 0.616. The molecule has 1 fully saturated rings. The highest BCUT2D eigenvalue weighted by Gasteiger charge is 2.29. The summed E-state index contributed by atoms with van der Waals surface area (Å²) >= 11 is 0. The fourth-order valence-electron chi connectivity index (χ4n) is 2.32. The first kappa shape index (κ1) is 11.3. The van der Waals surface area contributed by atoms with Crippen molar-refractivity contribution in [2.45, 2.75) is 32.2 Å². The van der Waals surface area contributed by atoms with Crippen molar-refractivity contribution in [3.63, 3.8) is 0 Å². The molecule has 0 spiro atoms. The van der Waals surface area contributed by atoms with E-state index in [9.17, 15) is 0 Å². The summed E-state index contributed by atoms with van der Waals surface area (Å²) in [6.07, 6.45) is 7.20. The quantitative estimate of drug-likeness (QED) is 0.876. The summed E-state index contributed by atoms with van der Waals surface area (Å²) in [7, 11) is 0. The number of nitrogens with zero attached hydrogens (tertiary/aromatic N) is 3. The Labute approximate surface area is 107 Å². The van der Waals surface area contributed by atoms with Crippen LogP contribution in [0, 0.1) is 5.92 Å². The van der Waals surface area contributed by atoms with Gasteiger partial charge in [0.2, 0.25) is 0 Å². The van der Waals surface area contributed by atoms with Gasteiger partial charge < -0.3 is 5.32 Å². The molecule has 2 aromatic rings. The van der Waals surface area contributed by atoms with Gasteiger partial charge in [0.05, 0.1) is 5.69 Å². The first-order chi connectivity index (χ1) is 8.86. The van der Waals surface area contributed by atoms with Crippen LogP contribution in [0.4, 0.5) is 5.69 Å². The Morgan fingerprint density at radius 3 is 2.67 bits per heavy atom. The molecule has 0 saturated heterocycles. The summed E-state index contributed by atoms with van der Waals surface area (Å²) in [4.78, 5) is 3.95. The van der Waals surface area contributed by atoms with Crippen molar-refractivity contribution >= 4 is 5.69 Å². The molecule has 4 nitrogen and oxygen atoms in total. The van der Waals surface area contributed by atoms with E-state index in [4.69, 9.17) is 0 Å². The molecule has 0 bridgehead atoms. The van der Waals surface area contributed by atoms with E-state index in [0.717, 1.165) is 11.6 Å². The predicted octanol–water partition coefficient (Wildman–Crippen LogP) is 2.87. The predicted molar refractivity (Wildman–Crippen MR) is 71.8 cm³/mol. The number of rotatable bonds is 5. The van der Waals surface area contributed by atoms with Crippen LogP contribution in [0.25, 0.3) is 5.69 Å².